The zero-order chi connectivity index (χ0) is 21.6. The molecule has 0 radical (unpaired) electrons. The fraction of sp³-hybridized carbons (Fsp3) is 0. The highest BCUT2D eigenvalue weighted by atomic mass is 32.2. The first-order valence-corrected chi connectivity index (χ1v) is 8.44. The lowest BCUT2D eigenvalue weighted by Gasteiger charge is -2.03. The minimum atomic E-state index is -4.56. The summed E-state index contributed by atoms with van der Waals surface area (Å²) >= 11 is 0. The van der Waals surface area contributed by atoms with Crippen LogP contribution in [-0.2, 0) is 10.1 Å². The predicted molar refractivity (Wildman–Crippen MR) is 90.5 cm³/mol. The monoisotopic (exact) mass is 412 g/mol. The Kier molecular flexibility index (Phi) is 6.96. The molecule has 0 saturated carbocycles. The molecule has 0 fully saturated rings. The first kappa shape index (κ1) is 22.3. The molecule has 0 aliphatic carbocycles. The molecule has 2 rings (SSSR count). The Labute approximate surface area is 156 Å². The summed E-state index contributed by atoms with van der Waals surface area (Å²) < 4.78 is 30.1. The molecule has 12 heteroatoms. The number of carbonyl (C=O) groups is 4. The van der Waals surface area contributed by atoms with Gasteiger partial charge in [-0.1, -0.05) is 12.1 Å². The molecule has 148 valence electrons. The minimum absolute atomic E-state index is 0.190. The van der Waals surface area contributed by atoms with Crippen LogP contribution in [0.3, 0.4) is 0 Å². The van der Waals surface area contributed by atoms with Crippen LogP contribution in [0.2, 0.25) is 0 Å². The highest BCUT2D eigenvalue weighted by molar-refractivity contribution is 7.85. The number of rotatable bonds is 5. The van der Waals surface area contributed by atoms with Gasteiger partial charge in [0.05, 0.1) is 27.1 Å². The van der Waals surface area contributed by atoms with Crippen molar-refractivity contribution in [3.8, 4) is 0 Å². The van der Waals surface area contributed by atoms with E-state index in [1.807, 2.05) is 0 Å². The third-order valence-electron chi connectivity index (χ3n) is 3.14. The molecule has 0 aliphatic heterocycles. The van der Waals surface area contributed by atoms with Crippen LogP contribution in [-0.4, -0.2) is 57.3 Å². The van der Waals surface area contributed by atoms with Crippen molar-refractivity contribution in [3.05, 3.63) is 64.7 Å². The van der Waals surface area contributed by atoms with Crippen molar-refractivity contribution in [2.75, 3.05) is 0 Å². The van der Waals surface area contributed by atoms with Gasteiger partial charge in [0.15, 0.2) is 0 Å². The topological polar surface area (TPSA) is 204 Å². The van der Waals surface area contributed by atoms with Gasteiger partial charge in [-0.2, -0.15) is 8.42 Å². The SMILES string of the molecule is O=C(O)c1ccc(S(=O)(=O)O)cc1C(=O)O.O=C(O)c1ccccc1C(=O)O. The van der Waals surface area contributed by atoms with Crippen molar-refractivity contribution < 1.29 is 52.6 Å². The van der Waals surface area contributed by atoms with E-state index in [-0.39, 0.29) is 11.1 Å². The molecule has 0 unspecified atom stereocenters. The lowest BCUT2D eigenvalue weighted by Crippen LogP contribution is -2.10. The number of aromatic carboxylic acids is 4. The van der Waals surface area contributed by atoms with Gasteiger partial charge in [-0.05, 0) is 30.3 Å². The van der Waals surface area contributed by atoms with E-state index in [1.165, 1.54) is 24.3 Å². The van der Waals surface area contributed by atoms with Crippen LogP contribution >= 0.6 is 0 Å². The number of hydrogen-bond acceptors (Lipinski definition) is 6. The Morgan fingerprint density at radius 1 is 0.607 bits per heavy atom. The maximum Gasteiger partial charge on any atom is 0.336 e. The second kappa shape index (κ2) is 8.75. The highest BCUT2D eigenvalue weighted by Crippen LogP contribution is 2.16. The van der Waals surface area contributed by atoms with Crippen molar-refractivity contribution in [3.63, 3.8) is 0 Å². The Bertz CT molecular complexity index is 1020. The van der Waals surface area contributed by atoms with Crippen LogP contribution in [0.25, 0.3) is 0 Å². The van der Waals surface area contributed by atoms with E-state index in [1.54, 1.807) is 0 Å². The van der Waals surface area contributed by atoms with E-state index in [0.717, 1.165) is 12.1 Å². The van der Waals surface area contributed by atoms with Gasteiger partial charge in [0.2, 0.25) is 0 Å². The van der Waals surface area contributed by atoms with Gasteiger partial charge in [-0.25, -0.2) is 19.2 Å². The average Bonchev–Trinajstić information content (AvgIpc) is 2.60. The van der Waals surface area contributed by atoms with Gasteiger partial charge in [-0.15, -0.1) is 0 Å². The fourth-order valence-corrected chi connectivity index (χ4v) is 2.41. The van der Waals surface area contributed by atoms with E-state index >= 15 is 0 Å². The smallest absolute Gasteiger partial charge is 0.336 e. The van der Waals surface area contributed by atoms with Crippen LogP contribution in [0.4, 0.5) is 0 Å². The van der Waals surface area contributed by atoms with E-state index < -0.39 is 50.0 Å². The maximum atomic E-state index is 10.7. The molecule has 11 nitrogen and oxygen atoms in total. The van der Waals surface area contributed by atoms with Crippen molar-refractivity contribution in [2.45, 2.75) is 4.90 Å². The van der Waals surface area contributed by atoms with E-state index in [0.29, 0.717) is 6.07 Å². The molecule has 0 saturated heterocycles. The molecule has 28 heavy (non-hydrogen) atoms. The van der Waals surface area contributed by atoms with E-state index in [4.69, 9.17) is 25.0 Å². The number of benzene rings is 2. The molecule has 0 aromatic heterocycles. The summed E-state index contributed by atoms with van der Waals surface area (Å²) in [6.07, 6.45) is 0. The molecule has 0 spiro atoms. The molecule has 0 atom stereocenters. The molecular formula is C16H12O11S. The Hall–Kier alpha value is -3.77. The maximum absolute atomic E-state index is 10.7. The quantitative estimate of drug-likeness (QED) is 0.444. The third kappa shape index (κ3) is 5.62. The second-order valence-electron chi connectivity index (χ2n) is 4.95. The summed E-state index contributed by atoms with van der Waals surface area (Å²) in [4.78, 5) is 41.5. The number of carboxylic acid groups (broad SMARTS) is 4. The molecule has 0 bridgehead atoms. The summed E-state index contributed by atoms with van der Waals surface area (Å²) in [6, 6.07) is 7.67. The van der Waals surface area contributed by atoms with Crippen LogP contribution in [0.5, 0.6) is 0 Å². The number of hydrogen-bond donors (Lipinski definition) is 5. The normalized spacial score (nSPS) is 10.3. The summed E-state index contributed by atoms with van der Waals surface area (Å²) in [5, 5.41) is 34.4. The molecule has 0 heterocycles. The Morgan fingerprint density at radius 2 is 0.964 bits per heavy atom. The van der Waals surface area contributed by atoms with Gasteiger partial charge in [-0.3, -0.25) is 4.55 Å². The van der Waals surface area contributed by atoms with Crippen molar-refractivity contribution in [1.29, 1.82) is 0 Å². The number of carboxylic acids is 4. The zero-order valence-electron chi connectivity index (χ0n) is 13.6. The molecule has 5 N–H and O–H groups in total. The lowest BCUT2D eigenvalue weighted by atomic mass is 10.1. The van der Waals surface area contributed by atoms with Crippen molar-refractivity contribution >= 4 is 34.0 Å². The fourth-order valence-electron chi connectivity index (χ4n) is 1.90. The zero-order valence-corrected chi connectivity index (χ0v) is 14.5. The van der Waals surface area contributed by atoms with Gasteiger partial charge in [0.1, 0.15) is 0 Å². The molecule has 2 aromatic rings. The molecule has 0 amide bonds. The Balaban J connectivity index is 0.000000292. The van der Waals surface area contributed by atoms with Crippen molar-refractivity contribution in [2.24, 2.45) is 0 Å². The van der Waals surface area contributed by atoms with E-state index in [2.05, 4.69) is 0 Å². The first-order chi connectivity index (χ1) is 12.9. The van der Waals surface area contributed by atoms with Crippen LogP contribution in [0.15, 0.2) is 47.4 Å². The van der Waals surface area contributed by atoms with Crippen LogP contribution in [0, 0.1) is 0 Å². The summed E-state index contributed by atoms with van der Waals surface area (Å²) in [5.74, 6) is -5.55. The second-order valence-corrected chi connectivity index (χ2v) is 6.37. The van der Waals surface area contributed by atoms with E-state index in [9.17, 15) is 27.6 Å². The minimum Gasteiger partial charge on any atom is -0.478 e. The summed E-state index contributed by atoms with van der Waals surface area (Å²) in [5.41, 5.74) is -1.64. The first-order valence-electron chi connectivity index (χ1n) is 7.00. The Morgan fingerprint density at radius 3 is 1.29 bits per heavy atom. The van der Waals surface area contributed by atoms with Crippen molar-refractivity contribution in [1.82, 2.24) is 0 Å². The predicted octanol–water partition coefficient (Wildman–Crippen LogP) is 1.41. The summed E-state index contributed by atoms with van der Waals surface area (Å²) in [7, 11) is -4.56. The summed E-state index contributed by atoms with van der Waals surface area (Å²) in [6.45, 7) is 0. The van der Waals surface area contributed by atoms with Gasteiger partial charge < -0.3 is 20.4 Å². The van der Waals surface area contributed by atoms with Crippen LogP contribution < -0.4 is 0 Å². The standard InChI is InChI=1S/C8H6O7S.C8H6O4/c9-7(10)5-2-1-4(16(13,14)15)3-6(5)8(11)12;9-7(10)5-3-1-2-4-6(5)8(11)12/h1-3H,(H,9,10)(H,11,12)(H,13,14,15);1-4H,(H,9,10)(H,11,12). The lowest BCUT2D eigenvalue weighted by molar-refractivity contribution is 0.0651. The average molecular weight is 412 g/mol. The van der Waals surface area contributed by atoms with Crippen LogP contribution in [0.1, 0.15) is 41.4 Å². The molecule has 2 aromatic carbocycles. The largest absolute Gasteiger partial charge is 0.478 e. The van der Waals surface area contributed by atoms with Gasteiger partial charge >= 0.3 is 23.9 Å². The highest BCUT2D eigenvalue weighted by Gasteiger charge is 2.20. The third-order valence-corrected chi connectivity index (χ3v) is 3.99. The van der Waals surface area contributed by atoms with Gasteiger partial charge in [0.25, 0.3) is 10.1 Å². The van der Waals surface area contributed by atoms with Gasteiger partial charge in [0, 0.05) is 0 Å². The molecule has 0 aliphatic rings. The molecular weight excluding hydrogens is 400 g/mol.